The maximum Gasteiger partial charge on any atom is 0.161 e. The van der Waals surface area contributed by atoms with Crippen LogP contribution in [0, 0.1) is 5.92 Å². The number of methoxy groups -OCH3 is 1. The van der Waals surface area contributed by atoms with Crippen molar-refractivity contribution in [3.8, 4) is 5.75 Å². The maximum atomic E-state index is 6.03. The lowest BCUT2D eigenvalue weighted by atomic mass is 9.82. The van der Waals surface area contributed by atoms with E-state index in [2.05, 4.69) is 22.0 Å². The van der Waals surface area contributed by atoms with Gasteiger partial charge in [-0.2, -0.15) is 5.10 Å². The predicted molar refractivity (Wildman–Crippen MR) is 76.9 cm³/mol. The van der Waals surface area contributed by atoms with Gasteiger partial charge in [-0.05, 0) is 32.7 Å². The molecule has 1 N–H and O–H groups in total. The van der Waals surface area contributed by atoms with Crippen LogP contribution in [0.2, 0.25) is 0 Å². The Labute approximate surface area is 120 Å². The number of aryl methyl sites for hydroxylation is 1. The lowest BCUT2D eigenvalue weighted by Crippen LogP contribution is -2.33. The first-order valence-corrected chi connectivity index (χ1v) is 7.70. The van der Waals surface area contributed by atoms with Crippen LogP contribution >= 0.6 is 0 Å². The van der Waals surface area contributed by atoms with Crippen molar-refractivity contribution in [1.82, 2.24) is 15.1 Å². The van der Waals surface area contributed by atoms with Crippen molar-refractivity contribution in [3.05, 3.63) is 11.9 Å². The van der Waals surface area contributed by atoms with Crippen LogP contribution in [-0.4, -0.2) is 36.1 Å². The number of fused-ring (bicyclic) bond motifs is 2. The molecule has 0 radical (unpaired) electrons. The molecule has 3 heterocycles. The Kier molecular flexibility index (Phi) is 3.98. The first-order chi connectivity index (χ1) is 9.78. The van der Waals surface area contributed by atoms with Gasteiger partial charge in [0, 0.05) is 12.5 Å². The van der Waals surface area contributed by atoms with Crippen LogP contribution in [0.1, 0.15) is 44.3 Å². The van der Waals surface area contributed by atoms with Crippen LogP contribution in [0.15, 0.2) is 6.20 Å². The van der Waals surface area contributed by atoms with Gasteiger partial charge in [-0.25, -0.2) is 0 Å². The smallest absolute Gasteiger partial charge is 0.161 e. The van der Waals surface area contributed by atoms with Crippen LogP contribution in [0.5, 0.6) is 5.75 Å². The van der Waals surface area contributed by atoms with E-state index in [0.717, 1.165) is 25.1 Å². The van der Waals surface area contributed by atoms with Gasteiger partial charge in [0.15, 0.2) is 5.75 Å². The normalized spacial score (nSPS) is 29.9. The molecule has 5 nitrogen and oxygen atoms in total. The second-order valence-corrected chi connectivity index (χ2v) is 5.86. The summed E-state index contributed by atoms with van der Waals surface area (Å²) in [5, 5.41) is 7.97. The van der Waals surface area contributed by atoms with Crippen molar-refractivity contribution in [2.45, 2.75) is 57.4 Å². The summed E-state index contributed by atoms with van der Waals surface area (Å²) in [6.45, 7) is 3.10. The largest absolute Gasteiger partial charge is 0.493 e. The molecule has 0 amide bonds. The van der Waals surface area contributed by atoms with Crippen molar-refractivity contribution in [2.24, 2.45) is 5.92 Å². The molecule has 1 aromatic rings. The Hall–Kier alpha value is -1.07. The standard InChI is InChI=1S/C15H25N3O2/c1-4-7-18-15(13(19-3)9-17-18)14(16-2)11-8-10-5-6-12(11)20-10/h9-12,14,16H,4-8H2,1-3H3. The number of ether oxygens (including phenoxy) is 2. The number of aromatic nitrogens is 2. The predicted octanol–water partition coefficient (Wildman–Crippen LogP) is 2.13. The van der Waals surface area contributed by atoms with Gasteiger partial charge in [0.2, 0.25) is 0 Å². The number of hydrogen-bond acceptors (Lipinski definition) is 4. The van der Waals surface area contributed by atoms with Crippen molar-refractivity contribution >= 4 is 0 Å². The van der Waals surface area contributed by atoms with Crippen LogP contribution in [-0.2, 0) is 11.3 Å². The topological polar surface area (TPSA) is 48.3 Å². The minimum absolute atomic E-state index is 0.259. The Morgan fingerprint density at radius 3 is 2.95 bits per heavy atom. The summed E-state index contributed by atoms with van der Waals surface area (Å²) in [6, 6.07) is 0.259. The molecule has 4 atom stereocenters. The van der Waals surface area contributed by atoms with Crippen molar-refractivity contribution < 1.29 is 9.47 Å². The number of nitrogens with one attached hydrogen (secondary N) is 1. The maximum absolute atomic E-state index is 6.03. The Balaban J connectivity index is 1.90. The lowest BCUT2D eigenvalue weighted by molar-refractivity contribution is 0.0853. The van der Waals surface area contributed by atoms with E-state index in [9.17, 15) is 0 Å². The number of rotatable bonds is 6. The highest BCUT2D eigenvalue weighted by Crippen LogP contribution is 2.46. The SMILES string of the molecule is CCCn1ncc(OC)c1C(NC)C1CC2CCC1O2. The van der Waals surface area contributed by atoms with Crippen molar-refractivity contribution in [2.75, 3.05) is 14.2 Å². The van der Waals surface area contributed by atoms with Gasteiger partial charge in [0.1, 0.15) is 0 Å². The first kappa shape index (κ1) is 13.9. The van der Waals surface area contributed by atoms with Crippen LogP contribution in [0.3, 0.4) is 0 Å². The van der Waals surface area contributed by atoms with E-state index in [1.165, 1.54) is 18.5 Å². The average molecular weight is 279 g/mol. The second-order valence-electron chi connectivity index (χ2n) is 5.86. The van der Waals surface area contributed by atoms with E-state index in [1.807, 2.05) is 13.2 Å². The van der Waals surface area contributed by atoms with Gasteiger partial charge >= 0.3 is 0 Å². The molecule has 2 aliphatic rings. The van der Waals surface area contributed by atoms with Gasteiger partial charge in [-0.1, -0.05) is 6.92 Å². The molecule has 2 aliphatic heterocycles. The van der Waals surface area contributed by atoms with E-state index in [1.54, 1.807) is 7.11 Å². The molecular weight excluding hydrogens is 254 g/mol. The molecular formula is C15H25N3O2. The molecule has 4 unspecified atom stereocenters. The van der Waals surface area contributed by atoms with Crippen LogP contribution in [0.4, 0.5) is 0 Å². The van der Waals surface area contributed by atoms with Crippen molar-refractivity contribution in [1.29, 1.82) is 0 Å². The zero-order valence-electron chi connectivity index (χ0n) is 12.6. The monoisotopic (exact) mass is 279 g/mol. The molecule has 0 spiro atoms. The summed E-state index contributed by atoms with van der Waals surface area (Å²) in [5.74, 6) is 1.42. The second kappa shape index (κ2) is 5.74. The minimum atomic E-state index is 0.259. The van der Waals surface area contributed by atoms with E-state index in [-0.39, 0.29) is 6.04 Å². The summed E-state index contributed by atoms with van der Waals surface area (Å²) < 4.78 is 13.6. The van der Waals surface area contributed by atoms with Crippen molar-refractivity contribution in [3.63, 3.8) is 0 Å². The van der Waals surface area contributed by atoms with Gasteiger partial charge < -0.3 is 14.8 Å². The fourth-order valence-corrected chi connectivity index (χ4v) is 3.82. The van der Waals surface area contributed by atoms with E-state index in [4.69, 9.17) is 9.47 Å². The molecule has 0 saturated carbocycles. The zero-order valence-corrected chi connectivity index (χ0v) is 12.6. The molecule has 3 rings (SSSR count). The summed E-state index contributed by atoms with van der Waals surface area (Å²) in [4.78, 5) is 0. The molecule has 112 valence electrons. The third-order valence-corrected chi connectivity index (χ3v) is 4.69. The summed E-state index contributed by atoms with van der Waals surface area (Å²) in [7, 11) is 3.75. The highest BCUT2D eigenvalue weighted by molar-refractivity contribution is 5.29. The van der Waals surface area contributed by atoms with Gasteiger partial charge in [-0.3, -0.25) is 4.68 Å². The Morgan fingerprint density at radius 2 is 2.40 bits per heavy atom. The molecule has 1 aromatic heterocycles. The molecule has 0 aromatic carbocycles. The molecule has 0 aliphatic carbocycles. The van der Waals surface area contributed by atoms with Gasteiger partial charge in [0.05, 0.1) is 37.3 Å². The molecule has 2 fully saturated rings. The quantitative estimate of drug-likeness (QED) is 0.866. The van der Waals surface area contributed by atoms with Gasteiger partial charge in [0.25, 0.3) is 0 Å². The molecule has 2 saturated heterocycles. The van der Waals surface area contributed by atoms with Gasteiger partial charge in [-0.15, -0.1) is 0 Å². The fraction of sp³-hybridized carbons (Fsp3) is 0.800. The highest BCUT2D eigenvalue weighted by Gasteiger charge is 2.45. The Bertz CT molecular complexity index is 460. The fourth-order valence-electron chi connectivity index (χ4n) is 3.82. The summed E-state index contributed by atoms with van der Waals surface area (Å²) >= 11 is 0. The van der Waals surface area contributed by atoms with E-state index in [0.29, 0.717) is 18.1 Å². The van der Waals surface area contributed by atoms with Crippen LogP contribution < -0.4 is 10.1 Å². The number of hydrogen-bond donors (Lipinski definition) is 1. The highest BCUT2D eigenvalue weighted by atomic mass is 16.5. The zero-order chi connectivity index (χ0) is 14.1. The molecule has 5 heteroatoms. The summed E-state index contributed by atoms with van der Waals surface area (Å²) in [6.07, 6.45) is 7.34. The molecule has 2 bridgehead atoms. The Morgan fingerprint density at radius 1 is 1.55 bits per heavy atom. The summed E-state index contributed by atoms with van der Waals surface area (Å²) in [5.41, 5.74) is 1.18. The van der Waals surface area contributed by atoms with E-state index >= 15 is 0 Å². The van der Waals surface area contributed by atoms with E-state index < -0.39 is 0 Å². The average Bonchev–Trinajstić information content (AvgIpc) is 3.16. The minimum Gasteiger partial charge on any atom is -0.493 e. The van der Waals surface area contributed by atoms with Crippen LogP contribution in [0.25, 0.3) is 0 Å². The lowest BCUT2D eigenvalue weighted by Gasteiger charge is -2.29. The number of nitrogens with zero attached hydrogens (tertiary/aromatic N) is 2. The third kappa shape index (κ3) is 2.23. The third-order valence-electron chi connectivity index (χ3n) is 4.69. The first-order valence-electron chi connectivity index (χ1n) is 7.70. The molecule has 20 heavy (non-hydrogen) atoms.